The number of carbonyl (C=O) groups is 1. The molecule has 0 radical (unpaired) electrons. The van der Waals surface area contributed by atoms with Crippen LogP contribution in [0.1, 0.15) is 20.8 Å². The van der Waals surface area contributed by atoms with Crippen molar-refractivity contribution in [2.75, 3.05) is 18.8 Å². The van der Waals surface area contributed by atoms with E-state index in [1.807, 2.05) is 26.8 Å². The summed E-state index contributed by atoms with van der Waals surface area (Å²) in [4.78, 5) is 22.7. The highest BCUT2D eigenvalue weighted by Crippen LogP contribution is 2.25. The van der Waals surface area contributed by atoms with Crippen LogP contribution in [0.3, 0.4) is 0 Å². The molecule has 22 heavy (non-hydrogen) atoms. The number of nitrogens with two attached hydrogens (primary N) is 1. The van der Waals surface area contributed by atoms with Crippen LogP contribution in [0.4, 0.5) is 9.93 Å². The third kappa shape index (κ3) is 3.22. The largest absolute Gasteiger partial charge is 0.471 e. The number of hydrogen-bond donors (Lipinski definition) is 1. The van der Waals surface area contributed by atoms with Gasteiger partial charge in [-0.15, -0.1) is 0 Å². The Morgan fingerprint density at radius 2 is 2.09 bits per heavy atom. The molecule has 2 aromatic rings. The molecule has 0 aromatic carbocycles. The fourth-order valence-electron chi connectivity index (χ4n) is 2.04. The maximum Gasteiger partial charge on any atom is 0.410 e. The van der Waals surface area contributed by atoms with Crippen molar-refractivity contribution in [2.45, 2.75) is 32.5 Å². The first kappa shape index (κ1) is 14.8. The number of anilines is 1. The highest BCUT2D eigenvalue weighted by atomic mass is 32.1. The van der Waals surface area contributed by atoms with Gasteiger partial charge >= 0.3 is 6.09 Å². The second kappa shape index (κ2) is 5.28. The number of pyridine rings is 1. The summed E-state index contributed by atoms with van der Waals surface area (Å²) in [6.07, 6.45) is -0.381. The number of nitrogen functional groups attached to an aromatic ring is 1. The van der Waals surface area contributed by atoms with Crippen molar-refractivity contribution in [3.8, 4) is 5.88 Å². The van der Waals surface area contributed by atoms with E-state index in [1.165, 1.54) is 11.3 Å². The normalized spacial score (nSPS) is 15.7. The summed E-state index contributed by atoms with van der Waals surface area (Å²) < 4.78 is 11.1. The lowest BCUT2D eigenvalue weighted by Crippen LogP contribution is -2.57. The first-order valence-electron chi connectivity index (χ1n) is 6.98. The first-order valence-corrected chi connectivity index (χ1v) is 7.79. The average molecular weight is 322 g/mol. The molecule has 2 aromatic heterocycles. The van der Waals surface area contributed by atoms with Crippen LogP contribution in [0.15, 0.2) is 12.1 Å². The zero-order valence-corrected chi connectivity index (χ0v) is 13.5. The van der Waals surface area contributed by atoms with E-state index in [0.29, 0.717) is 24.1 Å². The molecule has 1 saturated heterocycles. The van der Waals surface area contributed by atoms with Crippen molar-refractivity contribution in [3.05, 3.63) is 12.1 Å². The summed E-state index contributed by atoms with van der Waals surface area (Å²) in [5, 5.41) is 0.486. The van der Waals surface area contributed by atoms with Gasteiger partial charge in [0.05, 0.1) is 13.1 Å². The number of fused-ring (bicyclic) bond motifs is 1. The molecular weight excluding hydrogens is 304 g/mol. The van der Waals surface area contributed by atoms with Crippen molar-refractivity contribution < 1.29 is 14.3 Å². The van der Waals surface area contributed by atoms with Gasteiger partial charge in [0.25, 0.3) is 0 Å². The van der Waals surface area contributed by atoms with E-state index in [-0.39, 0.29) is 12.2 Å². The average Bonchev–Trinajstić information content (AvgIpc) is 2.70. The lowest BCUT2D eigenvalue weighted by Gasteiger charge is -2.39. The van der Waals surface area contributed by atoms with Crippen LogP contribution >= 0.6 is 11.3 Å². The molecule has 0 spiro atoms. The molecular formula is C14H18N4O3S. The van der Waals surface area contributed by atoms with Gasteiger partial charge in [0.2, 0.25) is 5.88 Å². The lowest BCUT2D eigenvalue weighted by molar-refractivity contribution is -0.0231. The zero-order valence-electron chi connectivity index (χ0n) is 12.7. The Kier molecular flexibility index (Phi) is 3.56. The molecule has 7 nitrogen and oxygen atoms in total. The van der Waals surface area contributed by atoms with E-state index in [0.717, 1.165) is 10.3 Å². The summed E-state index contributed by atoms with van der Waals surface area (Å²) in [7, 11) is 0. The van der Waals surface area contributed by atoms with Crippen molar-refractivity contribution in [3.63, 3.8) is 0 Å². The summed E-state index contributed by atoms with van der Waals surface area (Å²) >= 11 is 1.32. The molecule has 0 atom stereocenters. The van der Waals surface area contributed by atoms with Crippen LogP contribution in [0.25, 0.3) is 10.3 Å². The third-order valence-corrected chi connectivity index (χ3v) is 3.83. The highest BCUT2D eigenvalue weighted by Gasteiger charge is 2.35. The number of aromatic nitrogens is 2. The zero-order chi connectivity index (χ0) is 15.9. The quantitative estimate of drug-likeness (QED) is 0.912. The number of nitrogens with zero attached hydrogens (tertiary/aromatic N) is 3. The second-order valence-electron chi connectivity index (χ2n) is 6.15. The minimum atomic E-state index is -0.484. The maximum absolute atomic E-state index is 11.8. The molecule has 1 aliphatic rings. The van der Waals surface area contributed by atoms with Crippen molar-refractivity contribution in [1.82, 2.24) is 14.9 Å². The van der Waals surface area contributed by atoms with Crippen LogP contribution < -0.4 is 10.5 Å². The molecule has 3 heterocycles. The molecule has 1 aliphatic heterocycles. The van der Waals surface area contributed by atoms with E-state index in [4.69, 9.17) is 15.2 Å². The SMILES string of the molecule is CC(C)(C)OC(=O)N1CC(Oc2ccc3nc(N)sc3n2)C1. The summed E-state index contributed by atoms with van der Waals surface area (Å²) in [5.41, 5.74) is 5.93. The molecule has 0 saturated carbocycles. The van der Waals surface area contributed by atoms with Gasteiger partial charge in [-0.3, -0.25) is 0 Å². The first-order chi connectivity index (χ1) is 10.3. The molecule has 8 heteroatoms. The van der Waals surface area contributed by atoms with Gasteiger partial charge in [0.1, 0.15) is 22.1 Å². The van der Waals surface area contributed by atoms with E-state index in [1.54, 1.807) is 11.0 Å². The van der Waals surface area contributed by atoms with E-state index >= 15 is 0 Å². The van der Waals surface area contributed by atoms with Gasteiger partial charge in [-0.25, -0.2) is 14.8 Å². The van der Waals surface area contributed by atoms with Gasteiger partial charge in [-0.1, -0.05) is 11.3 Å². The molecule has 3 rings (SSSR count). The minimum absolute atomic E-state index is 0.0669. The van der Waals surface area contributed by atoms with Gasteiger partial charge in [-0.2, -0.15) is 0 Å². The van der Waals surface area contributed by atoms with Gasteiger partial charge < -0.3 is 20.1 Å². The smallest absolute Gasteiger partial charge is 0.410 e. The van der Waals surface area contributed by atoms with E-state index in [2.05, 4.69) is 9.97 Å². The van der Waals surface area contributed by atoms with E-state index < -0.39 is 5.60 Å². The molecule has 0 unspecified atom stereocenters. The Labute approximate surface area is 132 Å². The van der Waals surface area contributed by atoms with Crippen molar-refractivity contribution in [1.29, 1.82) is 0 Å². The van der Waals surface area contributed by atoms with Crippen LogP contribution in [0.2, 0.25) is 0 Å². The maximum atomic E-state index is 11.8. The van der Waals surface area contributed by atoms with Gasteiger partial charge in [0, 0.05) is 6.07 Å². The summed E-state index contributed by atoms with van der Waals surface area (Å²) in [6, 6.07) is 3.59. The topological polar surface area (TPSA) is 90.6 Å². The Morgan fingerprint density at radius 1 is 1.36 bits per heavy atom. The fraction of sp³-hybridized carbons (Fsp3) is 0.500. The molecule has 2 N–H and O–H groups in total. The van der Waals surface area contributed by atoms with Gasteiger partial charge in [0.15, 0.2) is 5.13 Å². The number of rotatable bonds is 2. The van der Waals surface area contributed by atoms with Crippen LogP contribution in [-0.2, 0) is 4.74 Å². The minimum Gasteiger partial charge on any atom is -0.471 e. The Balaban J connectivity index is 1.56. The number of carbonyl (C=O) groups excluding carboxylic acids is 1. The molecule has 0 aliphatic carbocycles. The van der Waals surface area contributed by atoms with Crippen LogP contribution in [0.5, 0.6) is 5.88 Å². The fourth-order valence-corrected chi connectivity index (χ4v) is 2.74. The molecule has 1 fully saturated rings. The monoisotopic (exact) mass is 322 g/mol. The predicted molar refractivity (Wildman–Crippen MR) is 84.1 cm³/mol. The molecule has 1 amide bonds. The summed E-state index contributed by atoms with van der Waals surface area (Å²) in [5.74, 6) is 0.519. The number of hydrogen-bond acceptors (Lipinski definition) is 7. The van der Waals surface area contributed by atoms with Crippen molar-refractivity contribution in [2.24, 2.45) is 0 Å². The number of likely N-dealkylation sites (tertiary alicyclic amines) is 1. The number of ether oxygens (including phenoxy) is 2. The van der Waals surface area contributed by atoms with Crippen LogP contribution in [-0.4, -0.2) is 45.8 Å². The lowest BCUT2D eigenvalue weighted by atomic mass is 10.2. The van der Waals surface area contributed by atoms with Crippen LogP contribution in [0, 0.1) is 0 Å². The summed E-state index contributed by atoms with van der Waals surface area (Å²) in [6.45, 7) is 6.54. The predicted octanol–water partition coefficient (Wildman–Crippen LogP) is 2.27. The molecule has 0 bridgehead atoms. The van der Waals surface area contributed by atoms with Gasteiger partial charge in [-0.05, 0) is 26.8 Å². The van der Waals surface area contributed by atoms with E-state index in [9.17, 15) is 4.79 Å². The standard InChI is InChI=1S/C14H18N4O3S/c1-14(2,3)21-13(19)18-6-8(7-18)20-10-5-4-9-11(17-10)22-12(15)16-9/h4-5,8H,6-7H2,1-3H3,(H2,15,16). The molecule has 118 valence electrons. The second-order valence-corrected chi connectivity index (χ2v) is 7.16. The highest BCUT2D eigenvalue weighted by molar-refractivity contribution is 7.21. The Bertz CT molecular complexity index is 704. The Morgan fingerprint density at radius 3 is 2.77 bits per heavy atom. The third-order valence-electron chi connectivity index (χ3n) is 3.03. The number of thiazole rings is 1. The van der Waals surface area contributed by atoms with Crippen molar-refractivity contribution >= 4 is 32.9 Å². The number of amides is 1. The Hall–Kier alpha value is -2.09.